The maximum atomic E-state index is 11.3. The molecule has 3 aromatic heterocycles. The van der Waals surface area contributed by atoms with Gasteiger partial charge < -0.3 is 10.8 Å². The Labute approximate surface area is 181 Å². The third-order valence-corrected chi connectivity index (χ3v) is 6.83. The van der Waals surface area contributed by atoms with Gasteiger partial charge in [-0.05, 0) is 53.7 Å². The van der Waals surface area contributed by atoms with E-state index in [1.165, 1.54) is 0 Å². The van der Waals surface area contributed by atoms with Crippen LogP contribution in [0.3, 0.4) is 0 Å². The van der Waals surface area contributed by atoms with E-state index in [-0.39, 0.29) is 11.8 Å². The summed E-state index contributed by atoms with van der Waals surface area (Å²) in [6.45, 7) is 0. The fourth-order valence-corrected chi connectivity index (χ4v) is 4.90. The van der Waals surface area contributed by atoms with Crippen LogP contribution in [0.4, 0.5) is 5.82 Å². The normalized spacial score (nSPS) is 19.4. The number of nitrogens with zero attached hydrogens (tertiary/aromatic N) is 4. The first-order valence-electron chi connectivity index (χ1n) is 9.93. The first-order chi connectivity index (χ1) is 14.5. The van der Waals surface area contributed by atoms with Crippen molar-refractivity contribution in [1.82, 2.24) is 19.6 Å². The summed E-state index contributed by atoms with van der Waals surface area (Å²) < 4.78 is 2.38. The Morgan fingerprint density at radius 2 is 1.93 bits per heavy atom. The Kier molecular flexibility index (Phi) is 4.66. The highest BCUT2D eigenvalue weighted by molar-refractivity contribution is 9.10. The lowest BCUT2D eigenvalue weighted by Gasteiger charge is -2.26. The largest absolute Gasteiger partial charge is 0.481 e. The number of carbonyl (C=O) groups is 1. The van der Waals surface area contributed by atoms with Gasteiger partial charge in [0.15, 0.2) is 5.65 Å². The predicted molar refractivity (Wildman–Crippen MR) is 118 cm³/mol. The van der Waals surface area contributed by atoms with Crippen LogP contribution in [0.25, 0.3) is 27.7 Å². The summed E-state index contributed by atoms with van der Waals surface area (Å²) in [6, 6.07) is 10.0. The van der Waals surface area contributed by atoms with Crippen molar-refractivity contribution in [2.24, 2.45) is 5.92 Å². The van der Waals surface area contributed by atoms with Gasteiger partial charge in [-0.25, -0.2) is 4.98 Å². The van der Waals surface area contributed by atoms with Crippen LogP contribution in [0, 0.1) is 5.92 Å². The number of aromatic nitrogens is 4. The van der Waals surface area contributed by atoms with Gasteiger partial charge >= 0.3 is 5.97 Å². The number of para-hydroxylation sites is 1. The number of halogens is 1. The highest BCUT2D eigenvalue weighted by atomic mass is 79.9. The molecule has 5 rings (SSSR count). The van der Waals surface area contributed by atoms with Crippen LogP contribution in [0.5, 0.6) is 0 Å². The van der Waals surface area contributed by atoms with Gasteiger partial charge in [0.25, 0.3) is 0 Å². The Hall–Kier alpha value is -3.00. The molecule has 1 aliphatic carbocycles. The summed E-state index contributed by atoms with van der Waals surface area (Å²) in [6.07, 6.45) is 6.46. The molecule has 1 saturated carbocycles. The molecule has 0 radical (unpaired) electrons. The van der Waals surface area contributed by atoms with E-state index in [0.717, 1.165) is 45.0 Å². The molecule has 7 nitrogen and oxygen atoms in total. The minimum Gasteiger partial charge on any atom is -0.481 e. The number of carboxylic acid groups (broad SMARTS) is 1. The van der Waals surface area contributed by atoms with E-state index in [0.29, 0.717) is 24.3 Å². The van der Waals surface area contributed by atoms with E-state index in [2.05, 4.69) is 32.1 Å². The molecule has 152 valence electrons. The molecule has 8 heteroatoms. The van der Waals surface area contributed by atoms with Crippen LogP contribution in [0.1, 0.15) is 37.3 Å². The quantitative estimate of drug-likeness (QED) is 0.456. The minimum absolute atomic E-state index is 0.166. The zero-order chi connectivity index (χ0) is 20.8. The first-order valence-corrected chi connectivity index (χ1v) is 10.7. The van der Waals surface area contributed by atoms with Gasteiger partial charge in [-0.2, -0.15) is 9.61 Å². The number of aliphatic carboxylic acids is 1. The lowest BCUT2D eigenvalue weighted by Crippen LogP contribution is -2.21. The second-order valence-corrected chi connectivity index (χ2v) is 8.59. The Bertz CT molecular complexity index is 1280. The van der Waals surface area contributed by atoms with Crippen molar-refractivity contribution in [2.75, 3.05) is 5.73 Å². The molecule has 4 aromatic rings. The first kappa shape index (κ1) is 19.0. The number of carboxylic acids is 1. The molecule has 0 spiro atoms. The van der Waals surface area contributed by atoms with Crippen molar-refractivity contribution in [2.45, 2.75) is 31.6 Å². The van der Waals surface area contributed by atoms with Gasteiger partial charge in [0.1, 0.15) is 5.82 Å². The SMILES string of the molecule is Nc1c(Br)c([C@H]2CC[C@H](C(=O)O)CC2)nc2c(-c3cnc4ccccc4c3)cnn12. The zero-order valence-electron chi connectivity index (χ0n) is 16.1. The molecular weight excluding hydrogens is 446 g/mol. The Morgan fingerprint density at radius 3 is 2.70 bits per heavy atom. The van der Waals surface area contributed by atoms with Crippen molar-refractivity contribution >= 4 is 44.3 Å². The van der Waals surface area contributed by atoms with Gasteiger partial charge in [-0.3, -0.25) is 9.78 Å². The van der Waals surface area contributed by atoms with E-state index >= 15 is 0 Å². The molecule has 0 unspecified atom stereocenters. The third-order valence-electron chi connectivity index (χ3n) is 6.01. The summed E-state index contributed by atoms with van der Waals surface area (Å²) >= 11 is 3.60. The molecule has 0 aliphatic heterocycles. The number of fused-ring (bicyclic) bond motifs is 2. The van der Waals surface area contributed by atoms with Crippen LogP contribution in [0.2, 0.25) is 0 Å². The summed E-state index contributed by atoms with van der Waals surface area (Å²) in [5, 5.41) is 14.8. The molecule has 0 amide bonds. The number of nitrogens with two attached hydrogens (primary N) is 1. The molecule has 0 atom stereocenters. The molecule has 0 saturated heterocycles. The molecular formula is C22H20BrN5O2. The molecule has 1 aromatic carbocycles. The van der Waals surface area contributed by atoms with Gasteiger partial charge in [-0.15, -0.1) is 0 Å². The van der Waals surface area contributed by atoms with Crippen LogP contribution < -0.4 is 5.73 Å². The standard InChI is InChI=1S/C22H20BrN5O2/c23-18-19(12-5-7-13(8-6-12)22(29)30)27-21-16(11-26-28(21)20(18)24)15-9-14-3-1-2-4-17(14)25-10-15/h1-4,9-13H,5-8,24H2,(H,29,30)/t12-,13-. The van der Waals surface area contributed by atoms with Crippen molar-refractivity contribution in [3.05, 3.63) is 52.9 Å². The summed E-state index contributed by atoms with van der Waals surface area (Å²) in [4.78, 5) is 20.8. The predicted octanol–water partition coefficient (Wildman–Crippen LogP) is 4.65. The smallest absolute Gasteiger partial charge is 0.306 e. The summed E-state index contributed by atoms with van der Waals surface area (Å²) in [5.41, 5.74) is 10.7. The number of rotatable bonds is 3. The monoisotopic (exact) mass is 465 g/mol. The number of nitrogen functional groups attached to an aromatic ring is 1. The van der Waals surface area contributed by atoms with Crippen LogP contribution in [-0.4, -0.2) is 30.7 Å². The van der Waals surface area contributed by atoms with E-state index in [9.17, 15) is 9.90 Å². The van der Waals surface area contributed by atoms with E-state index in [4.69, 9.17) is 10.7 Å². The van der Waals surface area contributed by atoms with Crippen molar-refractivity contribution in [3.63, 3.8) is 0 Å². The molecule has 1 aliphatic rings. The molecule has 1 fully saturated rings. The van der Waals surface area contributed by atoms with Crippen LogP contribution >= 0.6 is 15.9 Å². The van der Waals surface area contributed by atoms with E-state index in [1.807, 2.05) is 30.5 Å². The van der Waals surface area contributed by atoms with Crippen molar-refractivity contribution in [1.29, 1.82) is 0 Å². The minimum atomic E-state index is -0.711. The topological polar surface area (TPSA) is 106 Å². The van der Waals surface area contributed by atoms with Gasteiger partial charge in [0, 0.05) is 28.6 Å². The fourth-order valence-electron chi connectivity index (χ4n) is 4.32. The van der Waals surface area contributed by atoms with Gasteiger partial charge in [0.2, 0.25) is 0 Å². The molecule has 0 bridgehead atoms. The van der Waals surface area contributed by atoms with Crippen molar-refractivity contribution in [3.8, 4) is 11.1 Å². The Balaban J connectivity index is 1.59. The van der Waals surface area contributed by atoms with E-state index < -0.39 is 5.97 Å². The zero-order valence-corrected chi connectivity index (χ0v) is 17.7. The van der Waals surface area contributed by atoms with Gasteiger partial charge in [-0.1, -0.05) is 18.2 Å². The average Bonchev–Trinajstić information content (AvgIpc) is 3.20. The lowest BCUT2D eigenvalue weighted by molar-refractivity contribution is -0.142. The number of hydrogen-bond acceptors (Lipinski definition) is 5. The molecule has 30 heavy (non-hydrogen) atoms. The lowest BCUT2D eigenvalue weighted by atomic mass is 9.80. The molecule has 3 N–H and O–H groups in total. The average molecular weight is 466 g/mol. The van der Waals surface area contributed by atoms with Crippen LogP contribution in [-0.2, 0) is 4.79 Å². The second-order valence-electron chi connectivity index (χ2n) is 7.79. The highest BCUT2D eigenvalue weighted by Crippen LogP contribution is 2.40. The molecule has 3 heterocycles. The van der Waals surface area contributed by atoms with Gasteiger partial charge in [0.05, 0.1) is 27.8 Å². The number of pyridine rings is 1. The number of benzene rings is 1. The van der Waals surface area contributed by atoms with E-state index in [1.54, 1.807) is 10.7 Å². The fraction of sp³-hybridized carbons (Fsp3) is 0.273. The Morgan fingerprint density at radius 1 is 1.17 bits per heavy atom. The summed E-state index contributed by atoms with van der Waals surface area (Å²) in [7, 11) is 0. The van der Waals surface area contributed by atoms with Crippen molar-refractivity contribution < 1.29 is 9.90 Å². The maximum absolute atomic E-state index is 11.3. The summed E-state index contributed by atoms with van der Waals surface area (Å²) in [5.74, 6) is -0.317. The number of hydrogen-bond donors (Lipinski definition) is 2. The highest BCUT2D eigenvalue weighted by Gasteiger charge is 2.30. The number of anilines is 1. The maximum Gasteiger partial charge on any atom is 0.306 e. The second kappa shape index (κ2) is 7.36. The third kappa shape index (κ3) is 3.11. The van der Waals surface area contributed by atoms with Crippen LogP contribution in [0.15, 0.2) is 47.2 Å².